The highest BCUT2D eigenvalue weighted by Gasteiger charge is 2.44. The summed E-state index contributed by atoms with van der Waals surface area (Å²) in [5.74, 6) is 6.28. The van der Waals surface area contributed by atoms with Gasteiger partial charge in [-0.3, -0.25) is 0 Å². The van der Waals surface area contributed by atoms with Gasteiger partial charge in [0.1, 0.15) is 0 Å². The molecule has 2 unspecified atom stereocenters. The first-order valence-corrected chi connectivity index (χ1v) is 14.5. The molecule has 3 nitrogen and oxygen atoms in total. The molecule has 0 aliphatic rings. The normalized spacial score (nSPS) is 15.3. The molecule has 0 heterocycles. The highest BCUT2D eigenvalue weighted by molar-refractivity contribution is 6.98. The molecule has 2 aromatic rings. The van der Waals surface area contributed by atoms with Crippen LogP contribution in [0.15, 0.2) is 60.7 Å². The van der Waals surface area contributed by atoms with Crippen LogP contribution in [0.2, 0.25) is 13.1 Å². The van der Waals surface area contributed by atoms with E-state index >= 15 is 0 Å². The van der Waals surface area contributed by atoms with E-state index in [2.05, 4.69) is 4.65 Å². The molecule has 1 N–H and O–H groups in total. The fraction of sp³-hybridized carbons (Fsp3) is 0.273. The second-order valence-corrected chi connectivity index (χ2v) is 14.0. The molecular formula is C22H21F6NO2Si2. The van der Waals surface area contributed by atoms with E-state index in [0.717, 1.165) is 0 Å². The first kappa shape index (κ1) is 26.7. The zero-order valence-electron chi connectivity index (χ0n) is 17.8. The van der Waals surface area contributed by atoms with Crippen molar-refractivity contribution in [2.45, 2.75) is 25.4 Å². The predicted molar refractivity (Wildman–Crippen MR) is 118 cm³/mol. The molecule has 0 spiro atoms. The Bertz CT molecular complexity index is 942. The topological polar surface area (TPSA) is 30.5 Å². The summed E-state index contributed by atoms with van der Waals surface area (Å²) in [6, 6.07) is 17.6. The van der Waals surface area contributed by atoms with Crippen LogP contribution in [-0.2, 0) is 8.85 Å². The molecule has 2 atom stereocenters. The quantitative estimate of drug-likeness (QED) is 0.340. The standard InChI is InChI=1S/C22H21F6NO2Si2/c1-32(19-11-5-3-6-12-19,30-17-9-15-21(23,24)25)29-33(2,20-13-7-4-8-14-20)31-18-10-16-22(26,27)28/h3-8,11-14,29H,17-18H2,1-2H3. The lowest BCUT2D eigenvalue weighted by atomic mass is 10.4. The van der Waals surface area contributed by atoms with Crippen molar-refractivity contribution in [2.24, 2.45) is 0 Å². The third-order valence-corrected chi connectivity index (χ3v) is 12.6. The van der Waals surface area contributed by atoms with E-state index in [4.69, 9.17) is 8.85 Å². The van der Waals surface area contributed by atoms with Gasteiger partial charge in [-0.1, -0.05) is 72.5 Å². The van der Waals surface area contributed by atoms with Crippen molar-refractivity contribution in [3.05, 3.63) is 60.7 Å². The summed E-state index contributed by atoms with van der Waals surface area (Å²) in [4.78, 5) is 0. The highest BCUT2D eigenvalue weighted by Crippen LogP contribution is 2.14. The van der Waals surface area contributed by atoms with E-state index in [0.29, 0.717) is 10.4 Å². The SMILES string of the molecule is C[Si](N[Si](C)(OCC#CC(F)(F)F)c1ccccc1)(OCC#CC(F)(F)F)c1ccccc1. The zero-order valence-corrected chi connectivity index (χ0v) is 19.8. The Morgan fingerprint density at radius 2 is 1.00 bits per heavy atom. The summed E-state index contributed by atoms with van der Waals surface area (Å²) in [6.07, 6.45) is -9.29. The summed E-state index contributed by atoms with van der Waals surface area (Å²) >= 11 is 0. The van der Waals surface area contributed by atoms with Crippen molar-refractivity contribution >= 4 is 27.3 Å². The third kappa shape index (κ3) is 9.08. The second kappa shape index (κ2) is 11.1. The highest BCUT2D eigenvalue weighted by atomic mass is 28.4. The van der Waals surface area contributed by atoms with Crippen LogP contribution in [0.3, 0.4) is 0 Å². The first-order valence-electron chi connectivity index (χ1n) is 9.65. The first-order chi connectivity index (χ1) is 15.3. The minimum absolute atomic E-state index is 0.489. The van der Waals surface area contributed by atoms with Crippen LogP contribution in [0.5, 0.6) is 0 Å². The summed E-state index contributed by atoms with van der Waals surface area (Å²) in [6.45, 7) is 2.49. The van der Waals surface area contributed by atoms with E-state index < -0.39 is 42.5 Å². The van der Waals surface area contributed by atoms with Gasteiger partial charge in [0.05, 0.1) is 13.2 Å². The fourth-order valence-corrected chi connectivity index (χ4v) is 11.1. The van der Waals surface area contributed by atoms with Crippen LogP contribution in [0.4, 0.5) is 26.3 Å². The van der Waals surface area contributed by atoms with Gasteiger partial charge in [-0.2, -0.15) is 26.3 Å². The lowest BCUT2D eigenvalue weighted by molar-refractivity contribution is -0.0707. The number of alkyl halides is 6. The molecule has 0 saturated heterocycles. The van der Waals surface area contributed by atoms with Gasteiger partial charge in [-0.05, 0) is 23.5 Å². The monoisotopic (exact) mass is 501 g/mol. The summed E-state index contributed by atoms with van der Waals surface area (Å²) in [5, 5.41) is 1.41. The Labute approximate surface area is 190 Å². The summed E-state index contributed by atoms with van der Waals surface area (Å²) in [7, 11) is -6.38. The molecule has 0 bridgehead atoms. The lowest BCUT2D eigenvalue weighted by Gasteiger charge is -2.37. The molecule has 176 valence electrons. The van der Waals surface area contributed by atoms with E-state index in [-0.39, 0.29) is 0 Å². The van der Waals surface area contributed by atoms with Gasteiger partial charge in [0.2, 0.25) is 0 Å². The molecule has 0 amide bonds. The molecule has 0 saturated carbocycles. The number of hydrogen-bond acceptors (Lipinski definition) is 3. The van der Waals surface area contributed by atoms with Crippen molar-refractivity contribution in [1.82, 2.24) is 4.65 Å². The summed E-state index contributed by atoms with van der Waals surface area (Å²) < 4.78 is 89.6. The van der Waals surface area contributed by atoms with E-state index in [1.165, 1.54) is 11.8 Å². The second-order valence-electron chi connectivity index (χ2n) is 7.10. The molecule has 0 aliphatic carbocycles. The Morgan fingerprint density at radius 1 is 0.667 bits per heavy atom. The van der Waals surface area contributed by atoms with E-state index in [9.17, 15) is 26.3 Å². The van der Waals surface area contributed by atoms with Gasteiger partial charge in [0, 0.05) is 11.8 Å². The van der Waals surface area contributed by atoms with Crippen LogP contribution >= 0.6 is 0 Å². The predicted octanol–water partition coefficient (Wildman–Crippen LogP) is 3.70. The molecule has 2 rings (SSSR count). The van der Waals surface area contributed by atoms with Gasteiger partial charge in [-0.25, -0.2) is 0 Å². The maximum Gasteiger partial charge on any atom is 0.457 e. The summed E-state index contributed by atoms with van der Waals surface area (Å²) in [5.41, 5.74) is 0. The molecule has 0 aromatic heterocycles. The van der Waals surface area contributed by atoms with Crippen LogP contribution < -0.4 is 15.0 Å². The van der Waals surface area contributed by atoms with Crippen molar-refractivity contribution in [1.29, 1.82) is 0 Å². The molecular weight excluding hydrogens is 480 g/mol. The van der Waals surface area contributed by atoms with Crippen molar-refractivity contribution in [3.63, 3.8) is 0 Å². The van der Waals surface area contributed by atoms with E-state index in [1.807, 2.05) is 11.8 Å². The zero-order chi connectivity index (χ0) is 24.6. The van der Waals surface area contributed by atoms with Crippen molar-refractivity contribution in [3.8, 4) is 23.7 Å². The number of benzene rings is 2. The smallest absolute Gasteiger partial charge is 0.389 e. The fourth-order valence-electron chi connectivity index (χ4n) is 2.98. The molecule has 0 fully saturated rings. The largest absolute Gasteiger partial charge is 0.457 e. The Kier molecular flexibility index (Phi) is 8.94. The Hall–Kier alpha value is -2.55. The van der Waals surface area contributed by atoms with Gasteiger partial charge in [0.15, 0.2) is 0 Å². The Balaban J connectivity index is 2.39. The molecule has 11 heteroatoms. The van der Waals surface area contributed by atoms with Crippen molar-refractivity contribution in [2.75, 3.05) is 13.2 Å². The average Bonchev–Trinajstić information content (AvgIpc) is 2.74. The Morgan fingerprint density at radius 3 is 1.30 bits per heavy atom. The number of rotatable bonds is 8. The minimum Gasteiger partial charge on any atom is -0.389 e. The molecule has 33 heavy (non-hydrogen) atoms. The van der Waals surface area contributed by atoms with Crippen LogP contribution in [0.25, 0.3) is 0 Å². The van der Waals surface area contributed by atoms with Gasteiger partial charge in [0.25, 0.3) is 17.0 Å². The van der Waals surface area contributed by atoms with Crippen LogP contribution in [0.1, 0.15) is 0 Å². The van der Waals surface area contributed by atoms with Crippen molar-refractivity contribution < 1.29 is 35.2 Å². The van der Waals surface area contributed by atoms with Gasteiger partial charge in [-0.15, -0.1) is 0 Å². The number of nitrogens with one attached hydrogen (secondary N) is 1. The van der Waals surface area contributed by atoms with Crippen LogP contribution in [-0.4, -0.2) is 42.5 Å². The third-order valence-electron chi connectivity index (χ3n) is 4.45. The average molecular weight is 502 g/mol. The number of hydrogen-bond donors (Lipinski definition) is 1. The maximum atomic E-state index is 12.4. The van der Waals surface area contributed by atoms with Gasteiger partial charge >= 0.3 is 12.4 Å². The molecule has 0 radical (unpaired) electrons. The molecule has 0 aliphatic heterocycles. The maximum absolute atomic E-state index is 12.4. The van der Waals surface area contributed by atoms with Gasteiger partial charge < -0.3 is 13.5 Å². The van der Waals surface area contributed by atoms with Crippen LogP contribution in [0, 0.1) is 23.7 Å². The molecule has 2 aromatic carbocycles. The lowest BCUT2D eigenvalue weighted by Crippen LogP contribution is -2.74. The minimum atomic E-state index is -4.64. The van der Waals surface area contributed by atoms with E-state index in [1.54, 1.807) is 73.8 Å². The number of halogens is 6.